The number of esters is 1. The van der Waals surface area contributed by atoms with Gasteiger partial charge in [0.2, 0.25) is 5.91 Å². The number of hydrogen-bond donors (Lipinski definition) is 1. The highest BCUT2D eigenvalue weighted by Gasteiger charge is 2.24. The van der Waals surface area contributed by atoms with E-state index in [9.17, 15) is 9.59 Å². The maximum atomic E-state index is 12.5. The van der Waals surface area contributed by atoms with Crippen LogP contribution in [0.5, 0.6) is 0 Å². The SMILES string of the molecule is COC(=O)c1c(NC(=O)/C=C/c2ccccc2Cl)sc(C)c1-c1ccc(Br)cc1. The predicted molar refractivity (Wildman–Crippen MR) is 123 cm³/mol. The van der Waals surface area contributed by atoms with E-state index in [0.29, 0.717) is 15.6 Å². The van der Waals surface area contributed by atoms with Crippen molar-refractivity contribution in [2.75, 3.05) is 12.4 Å². The number of anilines is 1. The Hall–Kier alpha value is -2.41. The maximum absolute atomic E-state index is 12.5. The molecule has 0 radical (unpaired) electrons. The summed E-state index contributed by atoms with van der Waals surface area (Å²) in [6, 6.07) is 14.8. The third kappa shape index (κ3) is 4.96. The third-order valence-electron chi connectivity index (χ3n) is 4.16. The summed E-state index contributed by atoms with van der Waals surface area (Å²) in [5, 5.41) is 3.80. The van der Waals surface area contributed by atoms with Gasteiger partial charge in [-0.3, -0.25) is 4.79 Å². The zero-order chi connectivity index (χ0) is 21.0. The second-order valence-electron chi connectivity index (χ2n) is 6.08. The molecule has 0 unspecified atom stereocenters. The lowest BCUT2D eigenvalue weighted by Gasteiger charge is -2.07. The highest BCUT2D eigenvalue weighted by Crippen LogP contribution is 2.40. The molecule has 4 nitrogen and oxygen atoms in total. The fourth-order valence-electron chi connectivity index (χ4n) is 2.82. The van der Waals surface area contributed by atoms with Gasteiger partial charge in [0.1, 0.15) is 10.6 Å². The van der Waals surface area contributed by atoms with Crippen molar-refractivity contribution in [3.8, 4) is 11.1 Å². The molecule has 1 N–H and O–H groups in total. The molecule has 0 aliphatic carbocycles. The lowest BCUT2D eigenvalue weighted by Crippen LogP contribution is -2.11. The summed E-state index contributed by atoms with van der Waals surface area (Å²) in [5.74, 6) is -0.865. The van der Waals surface area contributed by atoms with Crippen LogP contribution in [-0.4, -0.2) is 19.0 Å². The van der Waals surface area contributed by atoms with Gasteiger partial charge in [-0.25, -0.2) is 4.79 Å². The van der Waals surface area contributed by atoms with Crippen molar-refractivity contribution in [2.24, 2.45) is 0 Å². The smallest absolute Gasteiger partial charge is 0.341 e. The van der Waals surface area contributed by atoms with Crippen LogP contribution in [0.2, 0.25) is 5.02 Å². The van der Waals surface area contributed by atoms with Gasteiger partial charge in [0.25, 0.3) is 0 Å². The van der Waals surface area contributed by atoms with Gasteiger partial charge < -0.3 is 10.1 Å². The Bertz CT molecular complexity index is 1090. The zero-order valence-corrected chi connectivity index (χ0v) is 18.8. The number of thiophene rings is 1. The summed E-state index contributed by atoms with van der Waals surface area (Å²) in [7, 11) is 1.32. The Labute approximate surface area is 186 Å². The van der Waals surface area contributed by atoms with Gasteiger partial charge in [0, 0.05) is 26.0 Å². The van der Waals surface area contributed by atoms with Crippen molar-refractivity contribution in [3.05, 3.63) is 80.1 Å². The number of carbonyl (C=O) groups is 2. The van der Waals surface area contributed by atoms with Gasteiger partial charge in [-0.1, -0.05) is 57.9 Å². The number of amides is 1. The number of rotatable bonds is 5. The summed E-state index contributed by atoms with van der Waals surface area (Å²) >= 11 is 10.9. The van der Waals surface area contributed by atoms with Crippen molar-refractivity contribution < 1.29 is 14.3 Å². The second kappa shape index (κ2) is 9.39. The molecule has 3 aromatic rings. The van der Waals surface area contributed by atoms with E-state index in [1.165, 1.54) is 24.5 Å². The van der Waals surface area contributed by atoms with Crippen LogP contribution in [-0.2, 0) is 9.53 Å². The maximum Gasteiger partial charge on any atom is 0.341 e. The molecule has 1 aromatic heterocycles. The Morgan fingerprint density at radius 3 is 2.48 bits per heavy atom. The van der Waals surface area contributed by atoms with Gasteiger partial charge in [0.15, 0.2) is 0 Å². The molecule has 0 bridgehead atoms. The van der Waals surface area contributed by atoms with E-state index in [1.807, 2.05) is 49.4 Å². The molecule has 0 saturated carbocycles. The molecule has 3 rings (SSSR count). The van der Waals surface area contributed by atoms with E-state index in [2.05, 4.69) is 21.2 Å². The first kappa shape index (κ1) is 21.3. The first-order valence-electron chi connectivity index (χ1n) is 8.62. The normalized spacial score (nSPS) is 10.9. The van der Waals surface area contributed by atoms with Crippen molar-refractivity contribution in [2.45, 2.75) is 6.92 Å². The van der Waals surface area contributed by atoms with Gasteiger partial charge in [0.05, 0.1) is 7.11 Å². The average Bonchev–Trinajstić information content (AvgIpc) is 3.03. The van der Waals surface area contributed by atoms with E-state index in [1.54, 1.807) is 12.1 Å². The molecular weight excluding hydrogens is 474 g/mol. The van der Waals surface area contributed by atoms with Gasteiger partial charge >= 0.3 is 5.97 Å². The average molecular weight is 491 g/mol. The lowest BCUT2D eigenvalue weighted by atomic mass is 10.0. The van der Waals surface area contributed by atoms with Gasteiger partial charge in [-0.2, -0.15) is 0 Å². The lowest BCUT2D eigenvalue weighted by molar-refractivity contribution is -0.111. The number of aryl methyl sites for hydroxylation is 1. The molecule has 1 heterocycles. The van der Waals surface area contributed by atoms with E-state index < -0.39 is 5.97 Å². The number of benzene rings is 2. The summed E-state index contributed by atoms with van der Waals surface area (Å²) in [4.78, 5) is 25.9. The number of methoxy groups -OCH3 is 1. The predicted octanol–water partition coefficient (Wildman–Crippen LogP) is 6.58. The quantitative estimate of drug-likeness (QED) is 0.325. The van der Waals surface area contributed by atoms with Crippen LogP contribution in [0.25, 0.3) is 17.2 Å². The van der Waals surface area contributed by atoms with Crippen LogP contribution in [0.3, 0.4) is 0 Å². The molecule has 0 saturated heterocycles. The Kier molecular flexibility index (Phi) is 6.90. The molecule has 0 aliphatic rings. The Morgan fingerprint density at radius 1 is 1.14 bits per heavy atom. The minimum atomic E-state index is -0.502. The third-order valence-corrected chi connectivity index (χ3v) is 6.06. The van der Waals surface area contributed by atoms with Crippen LogP contribution in [0.1, 0.15) is 20.8 Å². The van der Waals surface area contributed by atoms with Crippen LogP contribution < -0.4 is 5.32 Å². The van der Waals surface area contributed by atoms with Crippen molar-refractivity contribution in [3.63, 3.8) is 0 Å². The molecule has 1 amide bonds. The fourth-order valence-corrected chi connectivity index (χ4v) is 4.35. The number of nitrogens with one attached hydrogen (secondary N) is 1. The van der Waals surface area contributed by atoms with E-state index in [-0.39, 0.29) is 5.91 Å². The molecule has 0 fully saturated rings. The number of ether oxygens (including phenoxy) is 1. The summed E-state index contributed by atoms with van der Waals surface area (Å²) < 4.78 is 5.91. The van der Waals surface area contributed by atoms with Gasteiger partial charge in [-0.05, 0) is 42.3 Å². The first-order chi connectivity index (χ1) is 13.9. The van der Waals surface area contributed by atoms with Crippen molar-refractivity contribution >= 4 is 61.8 Å². The topological polar surface area (TPSA) is 55.4 Å². The Balaban J connectivity index is 1.94. The Morgan fingerprint density at radius 2 is 1.83 bits per heavy atom. The van der Waals surface area contributed by atoms with Crippen molar-refractivity contribution in [1.82, 2.24) is 0 Å². The monoisotopic (exact) mass is 489 g/mol. The summed E-state index contributed by atoms with van der Waals surface area (Å²) in [5.41, 5.74) is 2.70. The number of carbonyl (C=O) groups excluding carboxylic acids is 2. The van der Waals surface area contributed by atoms with E-state index in [0.717, 1.165) is 26.0 Å². The molecule has 0 spiro atoms. The van der Waals surface area contributed by atoms with Crippen molar-refractivity contribution in [1.29, 1.82) is 0 Å². The standard InChI is InChI=1S/C22H17BrClNO3S/c1-13-19(15-7-10-16(23)11-8-15)20(22(27)28-2)21(29-13)25-18(26)12-9-14-5-3-4-6-17(14)24/h3-12H,1-2H3,(H,25,26)/b12-9+. The van der Waals surface area contributed by atoms with Gasteiger partial charge in [-0.15, -0.1) is 11.3 Å². The van der Waals surface area contributed by atoms with Crippen LogP contribution in [0, 0.1) is 6.92 Å². The van der Waals surface area contributed by atoms with Crippen LogP contribution in [0.15, 0.2) is 59.1 Å². The highest BCUT2D eigenvalue weighted by atomic mass is 79.9. The molecule has 29 heavy (non-hydrogen) atoms. The summed E-state index contributed by atoms with van der Waals surface area (Å²) in [6.45, 7) is 1.91. The highest BCUT2D eigenvalue weighted by molar-refractivity contribution is 9.10. The van der Waals surface area contributed by atoms with Crippen LogP contribution in [0.4, 0.5) is 5.00 Å². The van der Waals surface area contributed by atoms with E-state index in [4.69, 9.17) is 16.3 Å². The second-order valence-corrected chi connectivity index (χ2v) is 8.63. The van der Waals surface area contributed by atoms with Crippen LogP contribution >= 0.6 is 38.9 Å². The molecule has 0 atom stereocenters. The fraction of sp³-hybridized carbons (Fsp3) is 0.0909. The van der Waals surface area contributed by atoms with E-state index >= 15 is 0 Å². The summed E-state index contributed by atoms with van der Waals surface area (Å²) in [6.07, 6.45) is 3.02. The molecule has 2 aromatic carbocycles. The minimum Gasteiger partial charge on any atom is -0.465 e. The molecule has 148 valence electrons. The molecule has 0 aliphatic heterocycles. The largest absolute Gasteiger partial charge is 0.465 e. The minimum absolute atomic E-state index is 0.344. The number of halogens is 2. The zero-order valence-electron chi connectivity index (χ0n) is 15.7. The molecular formula is C22H17BrClNO3S. The first-order valence-corrected chi connectivity index (χ1v) is 10.6. The number of hydrogen-bond acceptors (Lipinski definition) is 4. The molecule has 7 heteroatoms.